The normalized spacial score (nSPS) is 11.2. The number of benzene rings is 1. The summed E-state index contributed by atoms with van der Waals surface area (Å²) in [5.41, 5.74) is 1.37. The SMILES string of the molecule is CSCCCn1c(SCC(=O)O)nc2cc(Br)c(F)cc21. The Morgan fingerprint density at radius 1 is 1.52 bits per heavy atom. The highest BCUT2D eigenvalue weighted by Gasteiger charge is 2.14. The van der Waals surface area contributed by atoms with Crippen LogP contribution in [0.25, 0.3) is 11.0 Å². The van der Waals surface area contributed by atoms with E-state index in [0.717, 1.165) is 23.9 Å². The van der Waals surface area contributed by atoms with E-state index < -0.39 is 5.97 Å². The maximum Gasteiger partial charge on any atom is 0.313 e. The van der Waals surface area contributed by atoms with Gasteiger partial charge < -0.3 is 9.67 Å². The molecule has 0 spiro atoms. The molecule has 0 bridgehead atoms. The first-order chi connectivity index (χ1) is 10.0. The number of aliphatic carboxylic acids is 1. The van der Waals surface area contributed by atoms with E-state index >= 15 is 0 Å². The lowest BCUT2D eigenvalue weighted by Crippen LogP contribution is -2.04. The zero-order valence-corrected chi connectivity index (χ0v) is 14.5. The molecule has 114 valence electrons. The van der Waals surface area contributed by atoms with E-state index in [4.69, 9.17) is 5.11 Å². The zero-order valence-electron chi connectivity index (χ0n) is 11.3. The Bertz CT molecular complexity index is 663. The highest BCUT2D eigenvalue weighted by Crippen LogP contribution is 2.28. The molecule has 0 unspecified atom stereocenters. The maximum absolute atomic E-state index is 13.7. The Kier molecular flexibility index (Phi) is 5.95. The summed E-state index contributed by atoms with van der Waals surface area (Å²) in [4.78, 5) is 15.2. The molecule has 8 heteroatoms. The van der Waals surface area contributed by atoms with Crippen molar-refractivity contribution in [2.24, 2.45) is 0 Å². The summed E-state index contributed by atoms with van der Waals surface area (Å²) in [6, 6.07) is 3.07. The number of nitrogens with zero attached hydrogens (tertiary/aromatic N) is 2. The minimum atomic E-state index is -0.893. The number of aromatic nitrogens is 2. The van der Waals surface area contributed by atoms with Crippen molar-refractivity contribution < 1.29 is 14.3 Å². The first-order valence-electron chi connectivity index (χ1n) is 6.21. The molecule has 0 aliphatic carbocycles. The molecule has 0 saturated heterocycles. The monoisotopic (exact) mass is 392 g/mol. The van der Waals surface area contributed by atoms with Crippen LogP contribution < -0.4 is 0 Å². The first-order valence-corrected chi connectivity index (χ1v) is 9.39. The molecule has 0 aliphatic rings. The molecule has 1 heterocycles. The second-order valence-electron chi connectivity index (χ2n) is 4.33. The van der Waals surface area contributed by atoms with Gasteiger partial charge in [-0.3, -0.25) is 4.79 Å². The number of carboxylic acids is 1. The van der Waals surface area contributed by atoms with Crippen LogP contribution in [-0.4, -0.2) is 38.4 Å². The number of carbonyl (C=O) groups is 1. The van der Waals surface area contributed by atoms with Crippen LogP contribution in [0.5, 0.6) is 0 Å². The fourth-order valence-corrected chi connectivity index (χ4v) is 3.43. The number of hydrogen-bond acceptors (Lipinski definition) is 4. The molecule has 0 amide bonds. The van der Waals surface area contributed by atoms with Crippen LogP contribution in [0.4, 0.5) is 4.39 Å². The van der Waals surface area contributed by atoms with E-state index in [1.54, 1.807) is 17.8 Å². The van der Waals surface area contributed by atoms with Crippen molar-refractivity contribution in [3.8, 4) is 0 Å². The zero-order chi connectivity index (χ0) is 15.4. The van der Waals surface area contributed by atoms with Crippen LogP contribution in [0.3, 0.4) is 0 Å². The summed E-state index contributed by atoms with van der Waals surface area (Å²) in [5.74, 6) is -0.310. The average Bonchev–Trinajstić information content (AvgIpc) is 2.75. The molecule has 1 aromatic carbocycles. The lowest BCUT2D eigenvalue weighted by molar-refractivity contribution is -0.133. The van der Waals surface area contributed by atoms with E-state index in [1.807, 2.05) is 10.8 Å². The number of fused-ring (bicyclic) bond motifs is 1. The number of carboxylic acid groups (broad SMARTS) is 1. The summed E-state index contributed by atoms with van der Waals surface area (Å²) in [5, 5.41) is 9.43. The van der Waals surface area contributed by atoms with Crippen molar-refractivity contribution in [3.05, 3.63) is 22.4 Å². The third kappa shape index (κ3) is 4.14. The van der Waals surface area contributed by atoms with Gasteiger partial charge in [0.1, 0.15) is 5.82 Å². The minimum absolute atomic E-state index is 0.0600. The van der Waals surface area contributed by atoms with E-state index in [-0.39, 0.29) is 11.6 Å². The number of halogens is 2. The molecule has 0 saturated carbocycles. The van der Waals surface area contributed by atoms with Crippen LogP contribution in [0.15, 0.2) is 21.8 Å². The third-order valence-electron chi connectivity index (χ3n) is 2.81. The van der Waals surface area contributed by atoms with Gasteiger partial charge in [0.05, 0.1) is 21.3 Å². The van der Waals surface area contributed by atoms with Gasteiger partial charge in [0, 0.05) is 12.6 Å². The predicted molar refractivity (Wildman–Crippen MR) is 88.7 cm³/mol. The number of aryl methyl sites for hydroxylation is 1. The molecule has 2 aromatic rings. The van der Waals surface area contributed by atoms with Gasteiger partial charge in [-0.25, -0.2) is 9.37 Å². The number of hydrogen-bond donors (Lipinski definition) is 1. The van der Waals surface area contributed by atoms with Crippen LogP contribution in [0.1, 0.15) is 6.42 Å². The van der Waals surface area contributed by atoms with Crippen LogP contribution in [0.2, 0.25) is 0 Å². The van der Waals surface area contributed by atoms with Crippen molar-refractivity contribution in [2.45, 2.75) is 18.1 Å². The molecule has 0 fully saturated rings. The fourth-order valence-electron chi connectivity index (χ4n) is 1.92. The fraction of sp³-hybridized carbons (Fsp3) is 0.385. The quantitative estimate of drug-likeness (QED) is 0.572. The molecule has 1 aromatic heterocycles. The van der Waals surface area contributed by atoms with Gasteiger partial charge in [0.15, 0.2) is 5.16 Å². The average molecular weight is 393 g/mol. The molecule has 2 rings (SSSR count). The summed E-state index contributed by atoms with van der Waals surface area (Å²) >= 11 is 6.05. The van der Waals surface area contributed by atoms with Gasteiger partial charge in [-0.15, -0.1) is 0 Å². The van der Waals surface area contributed by atoms with E-state index in [1.165, 1.54) is 6.07 Å². The van der Waals surface area contributed by atoms with Gasteiger partial charge >= 0.3 is 5.97 Å². The van der Waals surface area contributed by atoms with Gasteiger partial charge in [-0.1, -0.05) is 11.8 Å². The summed E-state index contributed by atoms with van der Waals surface area (Å²) < 4.78 is 16.0. The first kappa shape index (κ1) is 16.6. The van der Waals surface area contributed by atoms with Crippen molar-refractivity contribution in [1.29, 1.82) is 0 Å². The Labute approximate surface area is 138 Å². The van der Waals surface area contributed by atoms with E-state index in [0.29, 0.717) is 27.2 Å². The maximum atomic E-state index is 13.7. The second-order valence-corrected chi connectivity index (χ2v) is 7.11. The Morgan fingerprint density at radius 2 is 2.29 bits per heavy atom. The molecule has 4 nitrogen and oxygen atoms in total. The van der Waals surface area contributed by atoms with E-state index in [2.05, 4.69) is 20.9 Å². The van der Waals surface area contributed by atoms with E-state index in [9.17, 15) is 9.18 Å². The van der Waals surface area contributed by atoms with Crippen LogP contribution >= 0.6 is 39.5 Å². The molecular formula is C13H14BrFN2O2S2. The molecule has 1 N–H and O–H groups in total. The predicted octanol–water partition coefficient (Wildman–Crippen LogP) is 3.87. The summed E-state index contributed by atoms with van der Waals surface area (Å²) in [6.07, 6.45) is 2.95. The van der Waals surface area contributed by atoms with Crippen LogP contribution in [0, 0.1) is 5.82 Å². The van der Waals surface area contributed by atoms with Crippen molar-refractivity contribution in [2.75, 3.05) is 17.8 Å². The molecular weight excluding hydrogens is 379 g/mol. The lowest BCUT2D eigenvalue weighted by Gasteiger charge is -2.08. The molecule has 0 radical (unpaired) electrons. The topological polar surface area (TPSA) is 55.1 Å². The number of imidazole rings is 1. The Morgan fingerprint density at radius 3 is 2.95 bits per heavy atom. The minimum Gasteiger partial charge on any atom is -0.481 e. The number of thioether (sulfide) groups is 2. The lowest BCUT2D eigenvalue weighted by atomic mass is 10.3. The summed E-state index contributed by atoms with van der Waals surface area (Å²) in [6.45, 7) is 0.695. The Hall–Kier alpha value is -0.730. The van der Waals surface area contributed by atoms with Crippen molar-refractivity contribution in [1.82, 2.24) is 9.55 Å². The standard InChI is InChI=1S/C13H14BrFN2O2S2/c1-20-4-2-3-17-11-6-9(15)8(14)5-10(11)16-13(17)21-7-12(18)19/h5-6H,2-4,7H2,1H3,(H,18,19). The summed E-state index contributed by atoms with van der Waals surface area (Å²) in [7, 11) is 0. The second kappa shape index (κ2) is 7.51. The van der Waals surface area contributed by atoms with Gasteiger partial charge in [0.2, 0.25) is 0 Å². The van der Waals surface area contributed by atoms with Crippen molar-refractivity contribution in [3.63, 3.8) is 0 Å². The van der Waals surface area contributed by atoms with Gasteiger partial charge in [-0.2, -0.15) is 11.8 Å². The van der Waals surface area contributed by atoms with Gasteiger partial charge in [0.25, 0.3) is 0 Å². The van der Waals surface area contributed by atoms with Crippen LogP contribution in [-0.2, 0) is 11.3 Å². The molecule has 21 heavy (non-hydrogen) atoms. The number of rotatable bonds is 7. The largest absolute Gasteiger partial charge is 0.481 e. The van der Waals surface area contributed by atoms with Gasteiger partial charge in [-0.05, 0) is 40.4 Å². The Balaban J connectivity index is 2.39. The molecule has 0 atom stereocenters. The molecule has 0 aliphatic heterocycles. The highest BCUT2D eigenvalue weighted by atomic mass is 79.9. The smallest absolute Gasteiger partial charge is 0.313 e. The third-order valence-corrected chi connectivity index (χ3v) is 5.08. The highest BCUT2D eigenvalue weighted by molar-refractivity contribution is 9.10. The van der Waals surface area contributed by atoms with Crippen molar-refractivity contribution >= 4 is 56.5 Å².